The van der Waals surface area contributed by atoms with E-state index in [2.05, 4.69) is 91.9 Å². The molecule has 0 amide bonds. The maximum atomic E-state index is 4.78. The summed E-state index contributed by atoms with van der Waals surface area (Å²) in [6.07, 6.45) is 0. The van der Waals surface area contributed by atoms with Crippen LogP contribution in [0.4, 0.5) is 0 Å². The van der Waals surface area contributed by atoms with E-state index in [1.54, 1.807) is 0 Å². The molecule has 138 valence electrons. The third kappa shape index (κ3) is 3.39. The highest BCUT2D eigenvalue weighted by Crippen LogP contribution is 2.43. The molecule has 2 heteroatoms. The maximum Gasteiger partial charge on any atom is 0.0445 e. The molecule has 0 spiro atoms. The van der Waals surface area contributed by atoms with Gasteiger partial charge in [0.1, 0.15) is 0 Å². The first-order valence-electron chi connectivity index (χ1n) is 9.33. The van der Waals surface area contributed by atoms with E-state index in [-0.39, 0.29) is 5.41 Å². The van der Waals surface area contributed by atoms with E-state index in [0.717, 1.165) is 9.79 Å². The van der Waals surface area contributed by atoms with Crippen molar-refractivity contribution in [2.75, 3.05) is 0 Å². The molecular formula is C26H22S2. The average molecular weight is 399 g/mol. The molecular weight excluding hydrogens is 376 g/mol. The van der Waals surface area contributed by atoms with Crippen LogP contribution in [-0.2, 0) is 5.41 Å². The van der Waals surface area contributed by atoms with Crippen molar-refractivity contribution in [1.29, 1.82) is 0 Å². The minimum absolute atomic E-state index is 0.355. The standard InChI is InChI=1S/C26H22S2/c1-26(22-11-5-7-13-24(22)27,23-12-6-8-14-25(23)28)21-17-15-20(16-18-21)19-9-3-2-4-10-19/h2-18,27-28H,1H3. The Labute approximate surface area is 178 Å². The molecule has 0 atom stereocenters. The van der Waals surface area contributed by atoms with Crippen molar-refractivity contribution in [1.82, 2.24) is 0 Å². The van der Waals surface area contributed by atoms with E-state index >= 15 is 0 Å². The maximum absolute atomic E-state index is 4.78. The molecule has 0 aliphatic rings. The van der Waals surface area contributed by atoms with Gasteiger partial charge in [-0.05, 0) is 46.9 Å². The molecule has 0 radical (unpaired) electrons. The molecule has 0 aliphatic carbocycles. The summed E-state index contributed by atoms with van der Waals surface area (Å²) in [6.45, 7) is 2.26. The van der Waals surface area contributed by atoms with Crippen LogP contribution in [0.1, 0.15) is 23.6 Å². The van der Waals surface area contributed by atoms with Crippen molar-refractivity contribution >= 4 is 25.3 Å². The summed E-state index contributed by atoms with van der Waals surface area (Å²) < 4.78 is 0. The highest BCUT2D eigenvalue weighted by atomic mass is 32.1. The Hall–Kier alpha value is -2.42. The first-order chi connectivity index (χ1) is 13.6. The molecule has 28 heavy (non-hydrogen) atoms. The molecule has 0 unspecified atom stereocenters. The van der Waals surface area contributed by atoms with Crippen molar-refractivity contribution in [3.8, 4) is 11.1 Å². The van der Waals surface area contributed by atoms with Crippen molar-refractivity contribution in [3.05, 3.63) is 120 Å². The Morgan fingerprint density at radius 3 is 1.43 bits per heavy atom. The smallest absolute Gasteiger partial charge is 0.0445 e. The molecule has 4 aromatic carbocycles. The lowest BCUT2D eigenvalue weighted by Gasteiger charge is -2.34. The Kier molecular flexibility index (Phi) is 5.34. The van der Waals surface area contributed by atoms with Crippen LogP contribution in [0.25, 0.3) is 11.1 Å². The van der Waals surface area contributed by atoms with Crippen molar-refractivity contribution in [3.63, 3.8) is 0 Å². The van der Waals surface area contributed by atoms with Crippen LogP contribution in [0.15, 0.2) is 113 Å². The highest BCUT2D eigenvalue weighted by molar-refractivity contribution is 7.80. The molecule has 0 heterocycles. The summed E-state index contributed by atoms with van der Waals surface area (Å²) in [7, 11) is 0. The molecule has 0 aromatic heterocycles. The predicted octanol–water partition coefficient (Wildman–Crippen LogP) is 7.29. The van der Waals surface area contributed by atoms with Crippen molar-refractivity contribution < 1.29 is 0 Å². The van der Waals surface area contributed by atoms with Crippen LogP contribution < -0.4 is 0 Å². The zero-order valence-corrected chi connectivity index (χ0v) is 17.5. The van der Waals surface area contributed by atoms with E-state index < -0.39 is 0 Å². The third-order valence-corrected chi connectivity index (χ3v) is 6.23. The molecule has 0 bridgehead atoms. The normalized spacial score (nSPS) is 11.4. The van der Waals surface area contributed by atoms with Gasteiger partial charge in [-0.3, -0.25) is 0 Å². The fourth-order valence-corrected chi connectivity index (χ4v) is 4.64. The Bertz CT molecular complexity index is 1040. The number of hydrogen-bond acceptors (Lipinski definition) is 2. The highest BCUT2D eigenvalue weighted by Gasteiger charge is 2.34. The lowest BCUT2D eigenvalue weighted by molar-refractivity contribution is 0.663. The molecule has 0 N–H and O–H groups in total. The van der Waals surface area contributed by atoms with Gasteiger partial charge in [-0.25, -0.2) is 0 Å². The summed E-state index contributed by atoms with van der Waals surface area (Å²) in [5.74, 6) is 0. The Balaban J connectivity index is 1.90. The molecule has 0 saturated heterocycles. The SMILES string of the molecule is CC(c1ccc(-c2ccccc2)cc1)(c1ccccc1S)c1ccccc1S. The summed E-state index contributed by atoms with van der Waals surface area (Å²) in [4.78, 5) is 1.96. The zero-order chi connectivity index (χ0) is 19.6. The number of hydrogen-bond donors (Lipinski definition) is 2. The first kappa shape index (κ1) is 18.9. The van der Waals surface area contributed by atoms with Crippen molar-refractivity contribution in [2.45, 2.75) is 22.1 Å². The van der Waals surface area contributed by atoms with Crippen LogP contribution in [0, 0.1) is 0 Å². The van der Waals surface area contributed by atoms with Gasteiger partial charge in [0.15, 0.2) is 0 Å². The summed E-state index contributed by atoms with van der Waals surface area (Å²) in [6, 6.07) is 35.9. The topological polar surface area (TPSA) is 0 Å². The van der Waals surface area contributed by atoms with Gasteiger partial charge in [0.05, 0.1) is 0 Å². The van der Waals surface area contributed by atoms with Gasteiger partial charge in [-0.15, -0.1) is 25.3 Å². The number of rotatable bonds is 4. The quantitative estimate of drug-likeness (QED) is 0.262. The second kappa shape index (κ2) is 7.90. The van der Waals surface area contributed by atoms with Gasteiger partial charge in [0.2, 0.25) is 0 Å². The van der Waals surface area contributed by atoms with Gasteiger partial charge in [-0.2, -0.15) is 0 Å². The van der Waals surface area contributed by atoms with Gasteiger partial charge in [0.25, 0.3) is 0 Å². The van der Waals surface area contributed by atoms with E-state index in [4.69, 9.17) is 25.3 Å². The van der Waals surface area contributed by atoms with Crippen LogP contribution in [0.5, 0.6) is 0 Å². The average Bonchev–Trinajstić information content (AvgIpc) is 2.75. The summed E-state index contributed by atoms with van der Waals surface area (Å²) >= 11 is 9.56. The minimum Gasteiger partial charge on any atom is -0.143 e. The molecule has 4 rings (SSSR count). The second-order valence-electron chi connectivity index (χ2n) is 7.10. The Morgan fingerprint density at radius 1 is 0.500 bits per heavy atom. The molecule has 0 aliphatic heterocycles. The lowest BCUT2D eigenvalue weighted by atomic mass is 9.71. The largest absolute Gasteiger partial charge is 0.143 e. The summed E-state index contributed by atoms with van der Waals surface area (Å²) in [5, 5.41) is 0. The predicted molar refractivity (Wildman–Crippen MR) is 125 cm³/mol. The first-order valence-corrected chi connectivity index (χ1v) is 10.2. The van der Waals surface area contributed by atoms with Crippen LogP contribution >= 0.6 is 25.3 Å². The van der Waals surface area contributed by atoms with E-state index in [1.165, 1.54) is 27.8 Å². The van der Waals surface area contributed by atoms with Crippen LogP contribution in [0.2, 0.25) is 0 Å². The number of thiol groups is 2. The van der Waals surface area contributed by atoms with Crippen LogP contribution in [0.3, 0.4) is 0 Å². The van der Waals surface area contributed by atoms with Gasteiger partial charge in [0, 0.05) is 15.2 Å². The van der Waals surface area contributed by atoms with Crippen LogP contribution in [-0.4, -0.2) is 0 Å². The van der Waals surface area contributed by atoms with Gasteiger partial charge < -0.3 is 0 Å². The van der Waals surface area contributed by atoms with E-state index in [1.807, 2.05) is 18.2 Å². The zero-order valence-electron chi connectivity index (χ0n) is 15.7. The van der Waals surface area contributed by atoms with Gasteiger partial charge in [-0.1, -0.05) is 91.0 Å². The number of benzene rings is 4. The molecule has 0 nitrogen and oxygen atoms in total. The van der Waals surface area contributed by atoms with Gasteiger partial charge >= 0.3 is 0 Å². The van der Waals surface area contributed by atoms with E-state index in [9.17, 15) is 0 Å². The van der Waals surface area contributed by atoms with Crippen molar-refractivity contribution in [2.24, 2.45) is 0 Å². The molecule has 4 aromatic rings. The molecule has 0 fully saturated rings. The monoisotopic (exact) mass is 398 g/mol. The van der Waals surface area contributed by atoms with E-state index in [0.29, 0.717) is 0 Å². The minimum atomic E-state index is -0.355. The molecule has 0 saturated carbocycles. The Morgan fingerprint density at radius 2 is 0.929 bits per heavy atom. The fraction of sp³-hybridized carbons (Fsp3) is 0.0769. The third-order valence-electron chi connectivity index (χ3n) is 5.45. The second-order valence-corrected chi connectivity index (χ2v) is 8.07. The lowest BCUT2D eigenvalue weighted by Crippen LogP contribution is -2.26. The fourth-order valence-electron chi connectivity index (χ4n) is 3.88. The summed E-state index contributed by atoms with van der Waals surface area (Å²) in [5.41, 5.74) is 5.64.